The molecule has 0 spiro atoms. The maximum atomic E-state index is 11.6. The third-order valence-electron chi connectivity index (χ3n) is 17.0. The fraction of sp³-hybridized carbons (Fsp3) is 0.121. The van der Waals surface area contributed by atoms with E-state index in [1.807, 2.05) is 12.1 Å². The molecular formula is C66H46N6. The second-order valence-electron chi connectivity index (χ2n) is 20.9. The Bertz CT molecular complexity index is 4410. The van der Waals surface area contributed by atoms with Gasteiger partial charge in [-0.3, -0.25) is 0 Å². The fourth-order valence-electron chi connectivity index (χ4n) is 13.9. The minimum atomic E-state index is -0.256. The maximum Gasteiger partial charge on any atom is 0.101 e. The van der Waals surface area contributed by atoms with Gasteiger partial charge in [-0.15, -0.1) is 0 Å². The van der Waals surface area contributed by atoms with Crippen molar-refractivity contribution in [1.29, 1.82) is 10.5 Å². The van der Waals surface area contributed by atoms with Gasteiger partial charge in [0.15, 0.2) is 0 Å². The number of hydrogen-bond acceptors (Lipinski definition) is 3. The standard InChI is InChI=1S/C66H46N6/c1-65(2)52-23-11-7-19-44(52)51-37-66(3)53-24-12-16-28-59(53)71(62(66)36-54(51)65)60-33-41(39-68)61(34-40(60)38-67)72-58-32-29-43(69-55-25-13-8-20-45(55)46-21-9-14-26-56(46)69)35-50(58)49-31-30-48-47-22-10-15-27-57(47)70(63(48)64(49)72)42-17-5-4-6-18-42/h4-36,51,62H,37H2,1-3H3. The first-order valence-corrected chi connectivity index (χ1v) is 25.0. The summed E-state index contributed by atoms with van der Waals surface area (Å²) in [6.45, 7) is 7.13. The predicted molar refractivity (Wildman–Crippen MR) is 294 cm³/mol. The second kappa shape index (κ2) is 14.5. The number of aromatic nitrogens is 3. The molecule has 3 atom stereocenters. The minimum absolute atomic E-state index is 0.0760. The van der Waals surface area contributed by atoms with Crippen molar-refractivity contribution in [2.45, 2.75) is 50.0 Å². The molecule has 0 fully saturated rings. The molecule has 0 N–H and O–H groups in total. The molecule has 0 saturated heterocycles. The molecule has 15 rings (SSSR count). The Hall–Kier alpha value is -9.10. The molecule has 3 unspecified atom stereocenters. The average molecular weight is 923 g/mol. The van der Waals surface area contributed by atoms with Gasteiger partial charge in [-0.2, -0.15) is 10.5 Å². The summed E-state index contributed by atoms with van der Waals surface area (Å²) in [5.74, 6) is 0.298. The van der Waals surface area contributed by atoms with E-state index in [1.54, 1.807) is 0 Å². The van der Waals surface area contributed by atoms with Crippen molar-refractivity contribution in [3.8, 4) is 29.2 Å². The van der Waals surface area contributed by atoms with Gasteiger partial charge in [-0.05, 0) is 89.8 Å². The molecule has 340 valence electrons. The van der Waals surface area contributed by atoms with Crippen molar-refractivity contribution >= 4 is 76.8 Å². The Labute approximate surface area is 416 Å². The minimum Gasteiger partial charge on any atom is -0.332 e. The number of para-hydroxylation sites is 5. The normalized spacial score (nSPS) is 18.6. The van der Waals surface area contributed by atoms with Crippen molar-refractivity contribution in [3.05, 3.63) is 234 Å². The van der Waals surface area contributed by atoms with Crippen molar-refractivity contribution in [2.24, 2.45) is 0 Å². The van der Waals surface area contributed by atoms with E-state index in [2.05, 4.69) is 240 Å². The Morgan fingerprint density at radius 1 is 0.444 bits per heavy atom. The SMILES string of the molecule is CC1(C)C2=CC3N(c4cc(C#N)c(-n5c6ccc(-n7c8ccccc8c8ccccc87)cc6c6ccc7c8ccccc8n(-c8ccccc8)c7c65)cc4C#N)c4ccccc4C3(C)CC2c2ccccc21. The molecule has 1 aliphatic heterocycles. The van der Waals surface area contributed by atoms with Crippen LogP contribution in [-0.2, 0) is 10.8 Å². The zero-order valence-electron chi connectivity index (χ0n) is 40.1. The number of anilines is 2. The molecule has 3 aromatic heterocycles. The van der Waals surface area contributed by atoms with Crippen LogP contribution in [-0.4, -0.2) is 19.7 Å². The number of allylic oxidation sites excluding steroid dienone is 1. The van der Waals surface area contributed by atoms with Gasteiger partial charge in [0.2, 0.25) is 0 Å². The van der Waals surface area contributed by atoms with Gasteiger partial charge in [0, 0.05) is 66.1 Å². The molecule has 6 nitrogen and oxygen atoms in total. The first kappa shape index (κ1) is 40.8. The Morgan fingerprint density at radius 3 is 1.69 bits per heavy atom. The van der Waals surface area contributed by atoms with Gasteiger partial charge in [0.1, 0.15) is 12.1 Å². The predicted octanol–water partition coefficient (Wildman–Crippen LogP) is 15.9. The first-order chi connectivity index (χ1) is 35.3. The van der Waals surface area contributed by atoms with Gasteiger partial charge in [-0.25, -0.2) is 0 Å². The molecule has 12 aromatic rings. The summed E-state index contributed by atoms with van der Waals surface area (Å²) in [6, 6.07) is 74.7. The fourth-order valence-corrected chi connectivity index (χ4v) is 13.9. The molecule has 6 heteroatoms. The molecule has 9 aromatic carbocycles. The number of nitrogens with zero attached hydrogens (tertiary/aromatic N) is 6. The maximum absolute atomic E-state index is 11.6. The molecule has 0 saturated carbocycles. The van der Waals surface area contributed by atoms with E-state index in [-0.39, 0.29) is 16.9 Å². The summed E-state index contributed by atoms with van der Waals surface area (Å²) in [5, 5.41) is 29.9. The number of rotatable bonds is 4. The quantitative estimate of drug-likeness (QED) is 0.165. The summed E-state index contributed by atoms with van der Waals surface area (Å²) in [7, 11) is 0. The molecule has 0 radical (unpaired) electrons. The van der Waals surface area contributed by atoms with Gasteiger partial charge in [0.05, 0.1) is 61.6 Å². The zero-order valence-corrected chi connectivity index (χ0v) is 40.1. The zero-order chi connectivity index (χ0) is 48.2. The molecule has 0 amide bonds. The highest BCUT2D eigenvalue weighted by Gasteiger charge is 2.56. The summed E-state index contributed by atoms with van der Waals surface area (Å²) >= 11 is 0. The molecule has 0 bridgehead atoms. The van der Waals surface area contributed by atoms with Crippen molar-refractivity contribution in [2.75, 3.05) is 4.90 Å². The summed E-state index contributed by atoms with van der Waals surface area (Å²) in [4.78, 5) is 2.39. The highest BCUT2D eigenvalue weighted by atomic mass is 15.2. The number of fused-ring (bicyclic) bond motifs is 16. The van der Waals surface area contributed by atoms with E-state index >= 15 is 0 Å². The topological polar surface area (TPSA) is 65.6 Å². The Morgan fingerprint density at radius 2 is 0.986 bits per heavy atom. The van der Waals surface area contributed by atoms with Crippen LogP contribution in [0.2, 0.25) is 0 Å². The first-order valence-electron chi connectivity index (χ1n) is 25.0. The van der Waals surface area contributed by atoms with E-state index in [0.717, 1.165) is 83.8 Å². The van der Waals surface area contributed by atoms with Crippen LogP contribution in [0, 0.1) is 22.7 Å². The van der Waals surface area contributed by atoms with E-state index in [4.69, 9.17) is 0 Å². The smallest absolute Gasteiger partial charge is 0.101 e. The number of benzene rings is 9. The highest BCUT2D eigenvalue weighted by molar-refractivity contribution is 6.24. The van der Waals surface area contributed by atoms with Crippen LogP contribution in [0.4, 0.5) is 11.4 Å². The highest BCUT2D eigenvalue weighted by Crippen LogP contribution is 2.63. The lowest BCUT2D eigenvalue weighted by Gasteiger charge is -2.43. The van der Waals surface area contributed by atoms with Gasteiger partial charge < -0.3 is 18.6 Å². The van der Waals surface area contributed by atoms with Crippen LogP contribution >= 0.6 is 0 Å². The third-order valence-corrected chi connectivity index (χ3v) is 17.0. The lowest BCUT2D eigenvalue weighted by atomic mass is 9.64. The largest absolute Gasteiger partial charge is 0.332 e. The number of hydrogen-bond donors (Lipinski definition) is 0. The van der Waals surface area contributed by atoms with Crippen molar-refractivity contribution in [1.82, 2.24) is 13.7 Å². The van der Waals surface area contributed by atoms with Crippen LogP contribution < -0.4 is 4.90 Å². The van der Waals surface area contributed by atoms with Crippen molar-refractivity contribution in [3.63, 3.8) is 0 Å². The van der Waals surface area contributed by atoms with Gasteiger partial charge >= 0.3 is 0 Å². The monoisotopic (exact) mass is 922 g/mol. The molecular weight excluding hydrogens is 877 g/mol. The third kappa shape index (κ3) is 5.20. The summed E-state index contributed by atoms with van der Waals surface area (Å²) in [6.07, 6.45) is 3.47. The van der Waals surface area contributed by atoms with Gasteiger partial charge in [-0.1, -0.05) is 160 Å². The van der Waals surface area contributed by atoms with Crippen molar-refractivity contribution < 1.29 is 0 Å². The summed E-state index contributed by atoms with van der Waals surface area (Å²) in [5.41, 5.74) is 17.1. The molecule has 2 aliphatic carbocycles. The van der Waals surface area contributed by atoms with Crippen LogP contribution in [0.25, 0.3) is 82.5 Å². The van der Waals surface area contributed by atoms with E-state index in [0.29, 0.717) is 22.7 Å². The van der Waals surface area contributed by atoms with Crippen LogP contribution in [0.1, 0.15) is 60.9 Å². The van der Waals surface area contributed by atoms with Crippen LogP contribution in [0.5, 0.6) is 0 Å². The molecule has 72 heavy (non-hydrogen) atoms. The lowest BCUT2D eigenvalue weighted by molar-refractivity contribution is 0.361. The van der Waals surface area contributed by atoms with Crippen LogP contribution in [0.15, 0.2) is 206 Å². The second-order valence-corrected chi connectivity index (χ2v) is 20.9. The van der Waals surface area contributed by atoms with E-state index in [1.165, 1.54) is 33.0 Å². The molecule has 3 aliphatic rings. The number of nitriles is 2. The van der Waals surface area contributed by atoms with Gasteiger partial charge in [0.25, 0.3) is 0 Å². The summed E-state index contributed by atoms with van der Waals surface area (Å²) < 4.78 is 7.01. The van der Waals surface area contributed by atoms with E-state index in [9.17, 15) is 10.5 Å². The Balaban J connectivity index is 1.02. The molecule has 4 heterocycles. The Kier molecular flexibility index (Phi) is 8.20. The van der Waals surface area contributed by atoms with Crippen LogP contribution in [0.3, 0.4) is 0 Å². The lowest BCUT2D eigenvalue weighted by Crippen LogP contribution is -2.44. The van der Waals surface area contributed by atoms with E-state index < -0.39 is 0 Å². The average Bonchev–Trinajstić information content (AvgIpc) is 4.17.